The van der Waals surface area contributed by atoms with E-state index >= 15 is 0 Å². The predicted octanol–water partition coefficient (Wildman–Crippen LogP) is 23.8. The van der Waals surface area contributed by atoms with E-state index in [2.05, 4.69) is 316 Å². The van der Waals surface area contributed by atoms with Gasteiger partial charge in [0.2, 0.25) is 18.2 Å². The highest BCUT2D eigenvalue weighted by Gasteiger charge is 2.27. The molecule has 0 saturated heterocycles. The molecule has 0 unspecified atom stereocenters. The van der Waals surface area contributed by atoms with Gasteiger partial charge in [0, 0.05) is 83.7 Å². The number of benzene rings is 1. The van der Waals surface area contributed by atoms with Crippen LogP contribution in [0, 0.1) is 21.7 Å². The number of hydrogen-bond acceptors (Lipinski definition) is 22. The summed E-state index contributed by atoms with van der Waals surface area (Å²) in [6.45, 7) is 80.5. The number of aromatic amines is 1. The molecule has 0 radical (unpaired) electrons. The van der Waals surface area contributed by atoms with Gasteiger partial charge in [0.05, 0.1) is 56.4 Å². The third-order valence-electron chi connectivity index (χ3n) is 15.4. The highest BCUT2D eigenvalue weighted by atomic mass is 32.1. The van der Waals surface area contributed by atoms with Crippen LogP contribution in [0.1, 0.15) is 308 Å². The molecule has 0 amide bonds. The van der Waals surface area contributed by atoms with Crippen molar-refractivity contribution in [3.8, 4) is 0 Å². The van der Waals surface area contributed by atoms with Crippen molar-refractivity contribution in [3.63, 3.8) is 0 Å². The zero-order valence-corrected chi connectivity index (χ0v) is 76.3. The number of nitrogens with one attached hydrogen (secondary N) is 1. The van der Waals surface area contributed by atoms with Crippen LogP contribution in [0.5, 0.6) is 0 Å². The Balaban J connectivity index is 0.000000415. The van der Waals surface area contributed by atoms with Gasteiger partial charge in [-0.05, 0) is 60.7 Å². The first-order chi connectivity index (χ1) is 51.2. The summed E-state index contributed by atoms with van der Waals surface area (Å²) in [6, 6.07) is 15.7. The van der Waals surface area contributed by atoms with E-state index in [0.717, 1.165) is 95.5 Å². The van der Waals surface area contributed by atoms with E-state index in [1.54, 1.807) is 60.5 Å². The van der Waals surface area contributed by atoms with Crippen LogP contribution in [0.2, 0.25) is 0 Å². The van der Waals surface area contributed by atoms with Crippen molar-refractivity contribution in [2.24, 2.45) is 46.6 Å². The molecule has 8 aromatic heterocycles. The summed E-state index contributed by atoms with van der Waals surface area (Å²) in [4.78, 5) is 33.7. The van der Waals surface area contributed by atoms with Crippen LogP contribution in [0.3, 0.4) is 0 Å². The summed E-state index contributed by atoms with van der Waals surface area (Å²) in [6.07, 6.45) is 21.6. The van der Waals surface area contributed by atoms with Crippen molar-refractivity contribution in [1.29, 1.82) is 0 Å². The molecular weight excluding hydrogens is 1420 g/mol. The fraction of sp³-hybridized carbons (Fsp3) is 0.618. The van der Waals surface area contributed by atoms with Gasteiger partial charge in [0.25, 0.3) is 0 Å². The standard InChI is InChI=1S/C11H13NO.C8H15N.C8H13N.2C8H12O.C7H12N2.C7H13NO.2C7H11NO.C6H11N3.C6H10N2O.C6H10N2S/c1-11(2,3)10-12-8-6-4-5-7-9(8)13-10;4*1-8(2,3)7-5-4-6-9-7;4*1-7(2,3)6-8-4-5-9-6;1-6(2,3)5-4-7-9-8-5;2*1-6(2,3)5-8-7-4-9-5/h4-7H,1-3H3;4-6H2,1-3H3;4-5H,6H2,1-3H3;2*4-6H,1-3H3;4H,5H2,1-3H3;4-5H2,1-3H3;2*4-5H,1-3H3;4H,1-3H3,(H,7,8,9);2*4H,1-3H3. The maximum absolute atomic E-state index is 5.62. The van der Waals surface area contributed by atoms with E-state index in [9.17, 15) is 0 Å². The lowest BCUT2D eigenvalue weighted by Crippen LogP contribution is -2.20. The minimum atomic E-state index is -0.0174. The second-order valence-corrected chi connectivity index (χ2v) is 40.4. The lowest BCUT2D eigenvalue weighted by atomic mass is 9.88. The number of oxazole rings is 3. The number of amidine groups is 1. The van der Waals surface area contributed by atoms with E-state index in [4.69, 9.17) is 31.2 Å². The van der Waals surface area contributed by atoms with Crippen LogP contribution in [0.4, 0.5) is 0 Å². The summed E-state index contributed by atoms with van der Waals surface area (Å²) in [5.74, 6) is 7.04. The number of allylic oxidation sites excluding steroid dienone is 1. The van der Waals surface area contributed by atoms with Gasteiger partial charge in [-0.15, -0.1) is 31.7 Å². The number of furan rings is 2. The molecule has 0 aliphatic carbocycles. The molecule has 23 heteroatoms. The Kier molecular flexibility index (Phi) is 38.7. The molecule has 0 bridgehead atoms. The molecule has 0 atom stereocenters. The van der Waals surface area contributed by atoms with Crippen molar-refractivity contribution in [1.82, 2.24) is 50.8 Å². The van der Waals surface area contributed by atoms with Crippen LogP contribution in [0.15, 0.2) is 168 Å². The van der Waals surface area contributed by atoms with Crippen LogP contribution < -0.4 is 0 Å². The van der Waals surface area contributed by atoms with Gasteiger partial charge < -0.3 is 31.2 Å². The van der Waals surface area contributed by atoms with Crippen molar-refractivity contribution in [3.05, 3.63) is 162 Å². The summed E-state index contributed by atoms with van der Waals surface area (Å²) >= 11 is 1.61. The topological polar surface area (TPSA) is 282 Å². The molecule has 0 fully saturated rings. The van der Waals surface area contributed by atoms with Gasteiger partial charge in [-0.2, -0.15) is 15.4 Å². The minimum Gasteiger partial charge on any atom is -0.479 e. The predicted molar refractivity (Wildman–Crippen MR) is 464 cm³/mol. The van der Waals surface area contributed by atoms with Gasteiger partial charge in [0.15, 0.2) is 23.3 Å². The molecule has 22 nitrogen and oxygen atoms in total. The Bertz CT molecular complexity index is 3590. The third kappa shape index (κ3) is 40.2. The van der Waals surface area contributed by atoms with Crippen LogP contribution >= 0.6 is 11.3 Å². The summed E-state index contributed by atoms with van der Waals surface area (Å²) < 4.78 is 36.4. The number of rotatable bonds is 0. The van der Waals surface area contributed by atoms with Gasteiger partial charge in [-0.3, -0.25) is 20.0 Å². The van der Waals surface area contributed by atoms with E-state index in [-0.39, 0.29) is 59.6 Å². The molecule has 1 N–H and O–H groups in total. The third-order valence-corrected chi connectivity index (χ3v) is 16.5. The Hall–Kier alpha value is -8.60. The molecule has 4 aliphatic heterocycles. The first kappa shape index (κ1) is 99.5. The number of hydrogen-bond donors (Lipinski definition) is 1. The SMILES string of the molecule is CC(C)(C)C1=NCC=C1.CC(C)(C)C1=NCC=N1.CC(C)(C)C1=NCCC1.CC(C)(C)C1=NCCO1.CC(C)(C)c1ccco1.CC(C)(C)c1ccco1.CC(C)(C)c1cn[nH]n1.CC(C)(C)c1nc2ccccc2o1.CC(C)(C)c1ncco1.CC(C)(C)c1ncco1.CC(C)(C)c1nnco1.CC(C)(C)c1nncs1. The van der Waals surface area contributed by atoms with Gasteiger partial charge >= 0.3 is 0 Å². The fourth-order valence-electron chi connectivity index (χ4n) is 8.88. The van der Waals surface area contributed by atoms with Crippen molar-refractivity contribution >= 4 is 51.8 Å². The van der Waals surface area contributed by atoms with E-state index in [1.807, 2.05) is 75.5 Å². The Morgan fingerprint density at radius 2 is 0.982 bits per heavy atom. The maximum Gasteiger partial charge on any atom is 0.221 e. The van der Waals surface area contributed by atoms with Crippen LogP contribution in [-0.2, 0) is 48.1 Å². The van der Waals surface area contributed by atoms with Crippen LogP contribution in [-0.4, -0.2) is 113 Å². The number of H-pyrrole nitrogens is 1. The van der Waals surface area contributed by atoms with Crippen molar-refractivity contribution in [2.45, 2.75) is 305 Å². The van der Waals surface area contributed by atoms with Crippen LogP contribution in [0.25, 0.3) is 11.1 Å². The van der Waals surface area contributed by atoms with Crippen molar-refractivity contribution in [2.75, 3.05) is 32.8 Å². The smallest absolute Gasteiger partial charge is 0.221 e. The Labute approximate surface area is 677 Å². The lowest BCUT2D eigenvalue weighted by Gasteiger charge is -2.17. The number of ether oxygens (including phenoxy) is 1. The molecule has 622 valence electrons. The molecular formula is C89H143N15O7S. The van der Waals surface area contributed by atoms with Crippen molar-refractivity contribution < 1.29 is 31.2 Å². The molecule has 12 heterocycles. The van der Waals surface area contributed by atoms with E-state index in [1.165, 1.54) is 30.7 Å². The zero-order chi connectivity index (χ0) is 85.4. The fourth-order valence-corrected chi connectivity index (χ4v) is 9.52. The monoisotopic (exact) mass is 1570 g/mol. The first-order valence-corrected chi connectivity index (χ1v) is 39.7. The minimum absolute atomic E-state index is 0.0149. The second-order valence-electron chi connectivity index (χ2n) is 39.5. The molecule has 9 aromatic rings. The quantitative estimate of drug-likeness (QED) is 0.148. The van der Waals surface area contributed by atoms with Gasteiger partial charge in [-0.1, -0.05) is 267 Å². The number of nitrogens with zero attached hydrogens (tertiary/aromatic N) is 14. The molecule has 112 heavy (non-hydrogen) atoms. The van der Waals surface area contributed by atoms with Gasteiger partial charge in [0.1, 0.15) is 52.5 Å². The number of aliphatic imine (C=N–C) groups is 5. The zero-order valence-electron chi connectivity index (χ0n) is 75.5. The van der Waals surface area contributed by atoms with E-state index < -0.39 is 0 Å². The number of fused-ring (bicyclic) bond motifs is 1. The summed E-state index contributed by atoms with van der Waals surface area (Å²) in [7, 11) is 0. The van der Waals surface area contributed by atoms with Gasteiger partial charge in [-0.25, -0.2) is 19.9 Å². The number of para-hydroxylation sites is 2. The molecule has 0 saturated carbocycles. The molecule has 13 rings (SSSR count). The average molecular weight is 1570 g/mol. The molecule has 4 aliphatic rings. The highest BCUT2D eigenvalue weighted by molar-refractivity contribution is 7.09. The second kappa shape index (κ2) is 43.6. The largest absolute Gasteiger partial charge is 0.479 e. The first-order valence-electron chi connectivity index (χ1n) is 38.9. The number of aromatic nitrogens is 10. The molecule has 0 spiro atoms. The Morgan fingerprint density at radius 3 is 1.21 bits per heavy atom. The average Bonchev–Trinajstić information content (AvgIpc) is 1.67. The summed E-state index contributed by atoms with van der Waals surface area (Å²) in [5.41, 5.74) is 8.67. The highest BCUT2D eigenvalue weighted by Crippen LogP contribution is 2.29. The lowest BCUT2D eigenvalue weighted by molar-refractivity contribution is 0.302. The Morgan fingerprint density at radius 1 is 0.438 bits per heavy atom. The van der Waals surface area contributed by atoms with E-state index in [0.29, 0.717) is 11.3 Å². The normalized spacial score (nSPS) is 14.2. The molecule has 1 aromatic carbocycles. The maximum atomic E-state index is 5.62. The summed E-state index contributed by atoms with van der Waals surface area (Å²) in [5, 5.41) is 26.4.